The molecule has 4 nitrogen and oxygen atoms in total. The van der Waals surface area contributed by atoms with Crippen LogP contribution in [0.3, 0.4) is 0 Å². The summed E-state index contributed by atoms with van der Waals surface area (Å²) in [4.78, 5) is 29.6. The van der Waals surface area contributed by atoms with E-state index in [0.29, 0.717) is 35.8 Å². The zero-order valence-corrected chi connectivity index (χ0v) is 16.4. The molecule has 2 aliphatic heterocycles. The van der Waals surface area contributed by atoms with Crippen LogP contribution in [0.2, 0.25) is 0 Å². The van der Waals surface area contributed by atoms with Crippen LogP contribution in [0.5, 0.6) is 0 Å². The molecule has 2 aromatic rings. The van der Waals surface area contributed by atoms with Gasteiger partial charge in [-0.2, -0.15) is 0 Å². The zero-order chi connectivity index (χ0) is 20.7. The van der Waals surface area contributed by atoms with E-state index in [1.165, 1.54) is 6.07 Å². The Labute approximate surface area is 168 Å². The van der Waals surface area contributed by atoms with Crippen molar-refractivity contribution in [2.75, 3.05) is 18.0 Å². The molecule has 6 heteroatoms. The lowest BCUT2D eigenvalue weighted by molar-refractivity contribution is -0.120. The highest BCUT2D eigenvalue weighted by Gasteiger charge is 2.43. The number of anilines is 1. The lowest BCUT2D eigenvalue weighted by Gasteiger charge is -2.33. The van der Waals surface area contributed by atoms with Gasteiger partial charge in [0.15, 0.2) is 11.6 Å². The van der Waals surface area contributed by atoms with Gasteiger partial charge in [0, 0.05) is 19.2 Å². The lowest BCUT2D eigenvalue weighted by Crippen LogP contribution is -2.39. The maximum absolute atomic E-state index is 13.8. The molecule has 2 aliphatic rings. The number of aryl methyl sites for hydroxylation is 1. The maximum Gasteiger partial charge on any atom is 0.282 e. The highest BCUT2D eigenvalue weighted by molar-refractivity contribution is 6.45. The summed E-state index contributed by atoms with van der Waals surface area (Å²) in [5, 5.41) is 0. The van der Waals surface area contributed by atoms with E-state index in [-0.39, 0.29) is 5.69 Å². The number of likely N-dealkylation sites (tertiary alicyclic amines) is 1. The molecule has 0 aliphatic carbocycles. The first-order chi connectivity index (χ1) is 13.9. The molecule has 2 amide bonds. The van der Waals surface area contributed by atoms with Crippen LogP contribution >= 0.6 is 0 Å². The summed E-state index contributed by atoms with van der Waals surface area (Å²) in [7, 11) is 0. The van der Waals surface area contributed by atoms with Crippen LogP contribution in [-0.2, 0) is 9.59 Å². The van der Waals surface area contributed by atoms with Crippen molar-refractivity contribution >= 4 is 23.1 Å². The van der Waals surface area contributed by atoms with E-state index in [4.69, 9.17) is 0 Å². The number of halogens is 2. The van der Waals surface area contributed by atoms with Crippen molar-refractivity contribution in [3.8, 4) is 0 Å². The molecule has 0 bridgehead atoms. The minimum Gasteiger partial charge on any atom is -0.366 e. The average molecular weight is 396 g/mol. The van der Waals surface area contributed by atoms with Crippen molar-refractivity contribution in [2.45, 2.75) is 26.7 Å². The Morgan fingerprint density at radius 2 is 1.69 bits per heavy atom. The van der Waals surface area contributed by atoms with Gasteiger partial charge in [-0.25, -0.2) is 13.7 Å². The van der Waals surface area contributed by atoms with E-state index in [1.807, 2.05) is 36.1 Å². The number of hydrogen-bond donors (Lipinski definition) is 0. The van der Waals surface area contributed by atoms with Crippen LogP contribution in [0.1, 0.15) is 30.9 Å². The fraction of sp³-hybridized carbons (Fsp3) is 0.304. The first-order valence-electron chi connectivity index (χ1n) is 9.77. The van der Waals surface area contributed by atoms with Crippen LogP contribution < -0.4 is 4.90 Å². The number of piperidine rings is 1. The quantitative estimate of drug-likeness (QED) is 0.727. The third-order valence-electron chi connectivity index (χ3n) is 5.53. The Bertz CT molecular complexity index is 1010. The van der Waals surface area contributed by atoms with Crippen molar-refractivity contribution in [1.29, 1.82) is 0 Å². The third kappa shape index (κ3) is 3.43. The predicted molar refractivity (Wildman–Crippen MR) is 107 cm³/mol. The van der Waals surface area contributed by atoms with Crippen molar-refractivity contribution in [3.63, 3.8) is 0 Å². The van der Waals surface area contributed by atoms with Crippen LogP contribution in [0.15, 0.2) is 48.2 Å². The van der Waals surface area contributed by atoms with Gasteiger partial charge in [0.2, 0.25) is 0 Å². The normalized spacial score (nSPS) is 20.1. The molecule has 29 heavy (non-hydrogen) atoms. The van der Waals surface area contributed by atoms with Gasteiger partial charge in [-0.1, -0.05) is 36.8 Å². The molecule has 1 saturated heterocycles. The number of benzene rings is 2. The fourth-order valence-electron chi connectivity index (χ4n) is 4.04. The minimum atomic E-state index is -1.10. The second-order valence-corrected chi connectivity index (χ2v) is 7.83. The largest absolute Gasteiger partial charge is 0.366 e. The molecule has 1 unspecified atom stereocenters. The summed E-state index contributed by atoms with van der Waals surface area (Å²) in [6, 6.07) is 10.5. The van der Waals surface area contributed by atoms with Gasteiger partial charge in [-0.3, -0.25) is 9.59 Å². The van der Waals surface area contributed by atoms with Crippen molar-refractivity contribution in [3.05, 3.63) is 70.9 Å². The van der Waals surface area contributed by atoms with Gasteiger partial charge in [-0.15, -0.1) is 0 Å². The Balaban J connectivity index is 1.83. The molecule has 0 spiro atoms. The van der Waals surface area contributed by atoms with E-state index >= 15 is 0 Å². The SMILES string of the molecule is Cc1ccc(C2=C(N3CCCC(C)C3)C(=O)N(c3ccc(F)c(F)c3)C2=O)cc1. The molecule has 2 heterocycles. The Hall–Kier alpha value is -3.02. The van der Waals surface area contributed by atoms with E-state index in [0.717, 1.165) is 35.4 Å². The number of imide groups is 1. The lowest BCUT2D eigenvalue weighted by atomic mass is 9.97. The van der Waals surface area contributed by atoms with Crippen LogP contribution in [0, 0.1) is 24.5 Å². The molecule has 0 N–H and O–H groups in total. The summed E-state index contributed by atoms with van der Waals surface area (Å²) in [5.41, 5.74) is 2.37. The van der Waals surface area contributed by atoms with E-state index in [9.17, 15) is 18.4 Å². The molecule has 150 valence electrons. The van der Waals surface area contributed by atoms with E-state index in [2.05, 4.69) is 6.92 Å². The predicted octanol–water partition coefficient (Wildman–Crippen LogP) is 4.29. The van der Waals surface area contributed by atoms with Crippen LogP contribution in [0.25, 0.3) is 5.57 Å². The maximum atomic E-state index is 13.8. The Morgan fingerprint density at radius 1 is 0.966 bits per heavy atom. The first-order valence-corrected chi connectivity index (χ1v) is 9.77. The van der Waals surface area contributed by atoms with Gasteiger partial charge >= 0.3 is 0 Å². The smallest absolute Gasteiger partial charge is 0.282 e. The van der Waals surface area contributed by atoms with E-state index < -0.39 is 23.4 Å². The molecule has 2 aromatic carbocycles. The standard InChI is InChI=1S/C23H22F2N2O2/c1-14-5-7-16(8-6-14)20-21(26-11-3-4-15(2)13-26)23(29)27(22(20)28)17-9-10-18(24)19(25)12-17/h5-10,12,15H,3-4,11,13H2,1-2H3. The highest BCUT2D eigenvalue weighted by atomic mass is 19.2. The van der Waals surface area contributed by atoms with Gasteiger partial charge in [0.05, 0.1) is 11.3 Å². The highest BCUT2D eigenvalue weighted by Crippen LogP contribution is 2.36. The Kier molecular flexibility index (Phi) is 4.94. The summed E-state index contributed by atoms with van der Waals surface area (Å²) in [6.45, 7) is 5.42. The van der Waals surface area contributed by atoms with Crippen LogP contribution in [-0.4, -0.2) is 29.8 Å². The van der Waals surface area contributed by atoms with Crippen molar-refractivity contribution in [2.24, 2.45) is 5.92 Å². The van der Waals surface area contributed by atoms with Crippen LogP contribution in [0.4, 0.5) is 14.5 Å². The summed E-state index contributed by atoms with van der Waals surface area (Å²) in [6.07, 6.45) is 2.00. The van der Waals surface area contributed by atoms with Gasteiger partial charge in [0.1, 0.15) is 5.70 Å². The summed E-state index contributed by atoms with van der Waals surface area (Å²) < 4.78 is 27.2. The fourth-order valence-corrected chi connectivity index (χ4v) is 4.04. The second kappa shape index (κ2) is 7.43. The molecule has 0 radical (unpaired) electrons. The third-order valence-corrected chi connectivity index (χ3v) is 5.53. The molecule has 1 atom stereocenters. The topological polar surface area (TPSA) is 40.6 Å². The summed E-state index contributed by atoms with van der Waals surface area (Å²) >= 11 is 0. The van der Waals surface area contributed by atoms with Gasteiger partial charge in [0.25, 0.3) is 11.8 Å². The molecular weight excluding hydrogens is 374 g/mol. The number of carbonyl (C=O) groups is 2. The zero-order valence-electron chi connectivity index (χ0n) is 16.4. The number of rotatable bonds is 3. The molecule has 4 rings (SSSR count). The van der Waals surface area contributed by atoms with E-state index in [1.54, 1.807) is 0 Å². The Morgan fingerprint density at radius 3 is 2.34 bits per heavy atom. The molecular formula is C23H22F2N2O2. The minimum absolute atomic E-state index is 0.0311. The average Bonchev–Trinajstić information content (AvgIpc) is 2.95. The number of nitrogens with zero attached hydrogens (tertiary/aromatic N) is 2. The number of amides is 2. The molecule has 0 saturated carbocycles. The van der Waals surface area contributed by atoms with Crippen molar-refractivity contribution < 1.29 is 18.4 Å². The molecule has 0 aromatic heterocycles. The van der Waals surface area contributed by atoms with Gasteiger partial charge in [-0.05, 0) is 43.4 Å². The number of hydrogen-bond acceptors (Lipinski definition) is 3. The van der Waals surface area contributed by atoms with Crippen molar-refractivity contribution in [1.82, 2.24) is 4.90 Å². The second-order valence-electron chi connectivity index (χ2n) is 7.83. The summed E-state index contributed by atoms with van der Waals surface area (Å²) in [5.74, 6) is -2.73. The monoisotopic (exact) mass is 396 g/mol. The molecule has 1 fully saturated rings. The van der Waals surface area contributed by atoms with Gasteiger partial charge < -0.3 is 4.90 Å². The first kappa shape index (κ1) is 19.3. The number of carbonyl (C=O) groups excluding carboxylic acids is 2.